The summed E-state index contributed by atoms with van der Waals surface area (Å²) >= 11 is 0. The van der Waals surface area contributed by atoms with Crippen molar-refractivity contribution in [2.24, 2.45) is 0 Å². The summed E-state index contributed by atoms with van der Waals surface area (Å²) in [5.41, 5.74) is 0.0985. The number of esters is 1. The molecule has 1 atom stereocenters. The topological polar surface area (TPSA) is 55.4 Å². The molecule has 110 valence electrons. The van der Waals surface area contributed by atoms with E-state index in [4.69, 9.17) is 0 Å². The van der Waals surface area contributed by atoms with Gasteiger partial charge >= 0.3 is 64.3 Å². The zero-order chi connectivity index (χ0) is 15.2. The molecule has 1 aromatic carbocycles. The molecule has 21 heavy (non-hydrogen) atoms. The molecule has 0 fully saturated rings. The van der Waals surface area contributed by atoms with E-state index in [9.17, 15) is 22.5 Å². The molecule has 0 aliphatic carbocycles. The largest absolute Gasteiger partial charge is 1.00 e. The first kappa shape index (κ1) is 20.7. The van der Waals surface area contributed by atoms with E-state index in [0.29, 0.717) is 0 Å². The molecular weight excluding hydrogens is 313 g/mol. The number of rotatable bonds is 6. The minimum atomic E-state index is -5.39. The molecule has 0 saturated carbocycles. The Morgan fingerprint density at radius 3 is 2.29 bits per heavy atom. The fraction of sp³-hybridized carbons (Fsp3) is 0.333. The third-order valence-electron chi connectivity index (χ3n) is 2.50. The zero-order valence-corrected chi connectivity index (χ0v) is 14.9. The summed E-state index contributed by atoms with van der Waals surface area (Å²) in [7, 11) is 0. The van der Waals surface area contributed by atoms with Crippen LogP contribution in [0.5, 0.6) is 0 Å². The van der Waals surface area contributed by atoms with E-state index in [0.717, 1.165) is 0 Å². The van der Waals surface area contributed by atoms with Crippen LogP contribution in [0.2, 0.25) is 0 Å². The van der Waals surface area contributed by atoms with Gasteiger partial charge in [0.1, 0.15) is 0 Å². The molecule has 0 aliphatic rings. The molecule has 1 aromatic rings. The van der Waals surface area contributed by atoms with Crippen molar-refractivity contribution in [1.29, 1.82) is 0 Å². The van der Waals surface area contributed by atoms with Crippen LogP contribution in [0.15, 0.2) is 30.3 Å². The van der Waals surface area contributed by atoms with Crippen LogP contribution in [-0.2, 0) is 9.53 Å². The van der Waals surface area contributed by atoms with Crippen molar-refractivity contribution in [1.82, 2.24) is 5.32 Å². The van der Waals surface area contributed by atoms with Gasteiger partial charge in [0.2, 0.25) is 5.91 Å². The molecule has 0 bridgehead atoms. The van der Waals surface area contributed by atoms with E-state index >= 15 is 0 Å². The molecule has 0 radical (unpaired) electrons. The van der Waals surface area contributed by atoms with Gasteiger partial charge in [-0.15, -0.1) is 0 Å². The standard InChI is InChI=1S/C12H14BF3NO3.K/c1-2-20-11(18)8-10(13(14,15)16)17-12(19)9-6-4-3-5-7-9;/h3-7,10H,2,8H2,1H3,(H,17,19);/q-1;+1/t10-;/m0./s1. The average molecular weight is 327 g/mol. The maximum atomic E-state index is 12.8. The Kier molecular flexibility index (Phi) is 9.46. The quantitative estimate of drug-likeness (QED) is 0.546. The van der Waals surface area contributed by atoms with E-state index in [2.05, 4.69) is 4.74 Å². The first-order valence-corrected chi connectivity index (χ1v) is 6.06. The number of amides is 1. The van der Waals surface area contributed by atoms with Gasteiger partial charge in [0, 0.05) is 17.9 Å². The van der Waals surface area contributed by atoms with E-state index < -0.39 is 31.2 Å². The van der Waals surface area contributed by atoms with Crippen molar-refractivity contribution in [3.05, 3.63) is 35.9 Å². The number of hydrogen-bond acceptors (Lipinski definition) is 3. The number of carbonyl (C=O) groups excluding carboxylic acids is 2. The molecule has 0 heterocycles. The average Bonchev–Trinajstić information content (AvgIpc) is 2.38. The van der Waals surface area contributed by atoms with Crippen molar-refractivity contribution in [2.45, 2.75) is 19.3 Å². The van der Waals surface area contributed by atoms with Gasteiger partial charge in [-0.1, -0.05) is 18.2 Å². The van der Waals surface area contributed by atoms with E-state index in [1.807, 2.05) is 5.32 Å². The summed E-state index contributed by atoms with van der Waals surface area (Å²) < 4.78 is 43.0. The zero-order valence-electron chi connectivity index (χ0n) is 11.8. The third kappa shape index (κ3) is 7.46. The van der Waals surface area contributed by atoms with E-state index in [1.165, 1.54) is 31.2 Å². The smallest absolute Gasteiger partial charge is 0.466 e. The van der Waals surface area contributed by atoms with Gasteiger partial charge in [-0.3, -0.25) is 9.59 Å². The number of halogens is 3. The Labute approximate surface area is 163 Å². The summed E-state index contributed by atoms with van der Waals surface area (Å²) in [5.74, 6) is -4.08. The van der Waals surface area contributed by atoms with Crippen LogP contribution in [0, 0.1) is 0 Å². The molecule has 0 unspecified atom stereocenters. The number of ether oxygens (including phenoxy) is 1. The Balaban J connectivity index is 0.00000400. The van der Waals surface area contributed by atoms with Crippen molar-refractivity contribution in [3.8, 4) is 0 Å². The van der Waals surface area contributed by atoms with Gasteiger partial charge in [-0.2, -0.15) is 0 Å². The van der Waals surface area contributed by atoms with Gasteiger partial charge in [-0.05, 0) is 19.1 Å². The van der Waals surface area contributed by atoms with Gasteiger partial charge in [0.25, 0.3) is 0 Å². The van der Waals surface area contributed by atoms with Crippen LogP contribution in [-0.4, -0.2) is 31.4 Å². The minimum Gasteiger partial charge on any atom is -0.466 e. The summed E-state index contributed by atoms with van der Waals surface area (Å²) in [4.78, 5) is 22.8. The maximum Gasteiger partial charge on any atom is 1.00 e. The summed E-state index contributed by atoms with van der Waals surface area (Å²) in [6, 6.07) is 7.49. The number of carbonyl (C=O) groups is 2. The van der Waals surface area contributed by atoms with Crippen molar-refractivity contribution < 1.29 is 78.7 Å². The Hall–Kier alpha value is -0.349. The molecule has 1 N–H and O–H groups in total. The fourth-order valence-electron chi connectivity index (χ4n) is 1.52. The minimum absolute atomic E-state index is 0. The molecule has 1 rings (SSSR count). The van der Waals surface area contributed by atoms with Crippen LogP contribution in [0.25, 0.3) is 0 Å². The fourth-order valence-corrected chi connectivity index (χ4v) is 1.52. The summed E-state index contributed by atoms with van der Waals surface area (Å²) in [6.07, 6.45) is -0.921. The predicted molar refractivity (Wildman–Crippen MR) is 68.0 cm³/mol. The molecular formula is C12H14BF3KNO3. The van der Waals surface area contributed by atoms with Gasteiger partial charge in [0.05, 0.1) is 6.61 Å². The second kappa shape index (κ2) is 9.62. The Morgan fingerprint density at radius 2 is 1.81 bits per heavy atom. The van der Waals surface area contributed by atoms with Crippen molar-refractivity contribution in [3.63, 3.8) is 0 Å². The first-order chi connectivity index (χ1) is 9.34. The summed E-state index contributed by atoms with van der Waals surface area (Å²) in [5, 5.41) is 1.83. The number of nitrogens with one attached hydrogen (secondary N) is 1. The van der Waals surface area contributed by atoms with Crippen LogP contribution in [0.1, 0.15) is 23.7 Å². The Morgan fingerprint density at radius 1 is 1.24 bits per heavy atom. The number of benzene rings is 1. The van der Waals surface area contributed by atoms with E-state index in [1.54, 1.807) is 6.07 Å². The van der Waals surface area contributed by atoms with Crippen LogP contribution in [0.4, 0.5) is 12.9 Å². The van der Waals surface area contributed by atoms with Crippen molar-refractivity contribution in [2.75, 3.05) is 6.61 Å². The van der Waals surface area contributed by atoms with Gasteiger partial charge < -0.3 is 23.0 Å². The second-order valence-electron chi connectivity index (χ2n) is 4.08. The van der Waals surface area contributed by atoms with E-state index in [-0.39, 0.29) is 63.6 Å². The monoisotopic (exact) mass is 327 g/mol. The molecule has 0 saturated heterocycles. The molecule has 4 nitrogen and oxygen atoms in total. The maximum absolute atomic E-state index is 12.8. The van der Waals surface area contributed by atoms with Crippen molar-refractivity contribution >= 4 is 18.9 Å². The Bertz CT molecular complexity index is 471. The van der Waals surface area contributed by atoms with Gasteiger partial charge in [0.15, 0.2) is 0 Å². The second-order valence-corrected chi connectivity index (χ2v) is 4.08. The molecule has 9 heteroatoms. The van der Waals surface area contributed by atoms with Crippen LogP contribution >= 0.6 is 0 Å². The molecule has 1 amide bonds. The van der Waals surface area contributed by atoms with Gasteiger partial charge in [-0.25, -0.2) is 0 Å². The SMILES string of the molecule is CCOC(=O)C[C@H](NC(=O)c1ccccc1)[B-](F)(F)F.[K+]. The van der Waals surface area contributed by atoms with Crippen LogP contribution in [0.3, 0.4) is 0 Å². The normalized spacial score (nSPS) is 12.0. The molecule has 0 aromatic heterocycles. The van der Waals surface area contributed by atoms with Crippen LogP contribution < -0.4 is 56.7 Å². The number of hydrogen-bond donors (Lipinski definition) is 1. The first-order valence-electron chi connectivity index (χ1n) is 6.06. The molecule has 0 aliphatic heterocycles. The molecule has 0 spiro atoms. The third-order valence-corrected chi connectivity index (χ3v) is 2.50. The predicted octanol–water partition coefficient (Wildman–Crippen LogP) is -0.871. The summed E-state index contributed by atoms with van der Waals surface area (Å²) in [6.45, 7) is -3.91.